The Bertz CT molecular complexity index is 869. The Morgan fingerprint density at radius 2 is 2.11 bits per heavy atom. The molecule has 1 N–H and O–H groups in total. The summed E-state index contributed by atoms with van der Waals surface area (Å²) >= 11 is 6.17. The van der Waals surface area contributed by atoms with Gasteiger partial charge in [0.05, 0.1) is 17.4 Å². The Morgan fingerprint density at radius 3 is 2.75 bits per heavy atom. The van der Waals surface area contributed by atoms with Crippen LogP contribution in [0.15, 0.2) is 29.3 Å². The first kappa shape index (κ1) is 20.6. The predicted octanol–water partition coefficient (Wildman–Crippen LogP) is 3.44. The molecule has 10 heteroatoms. The molecule has 0 amide bonds. The van der Waals surface area contributed by atoms with Crippen LogP contribution in [0.1, 0.15) is 25.3 Å². The van der Waals surface area contributed by atoms with Gasteiger partial charge in [0.2, 0.25) is 0 Å². The minimum Gasteiger partial charge on any atom is -0.382 e. The first-order chi connectivity index (χ1) is 13.3. The molecule has 1 saturated heterocycles. The normalized spacial score (nSPS) is 18.2. The van der Waals surface area contributed by atoms with Gasteiger partial charge in [-0.1, -0.05) is 18.5 Å². The monoisotopic (exact) mass is 415 g/mol. The molecule has 2 aromatic rings. The molecule has 1 atom stereocenters. The molecular formula is C18H21ClF3N5O. The Kier molecular flexibility index (Phi) is 6.24. The van der Waals surface area contributed by atoms with Gasteiger partial charge in [-0.2, -0.15) is 23.0 Å². The fourth-order valence-electron chi connectivity index (χ4n) is 3.26. The predicted molar refractivity (Wildman–Crippen MR) is 101 cm³/mol. The Hall–Kier alpha value is -2.13. The maximum atomic E-state index is 12.6. The van der Waals surface area contributed by atoms with Crippen LogP contribution in [0, 0.1) is 5.92 Å². The van der Waals surface area contributed by atoms with Crippen molar-refractivity contribution in [3.8, 4) is 5.82 Å². The molecule has 0 saturated carbocycles. The number of anilines is 1. The molecule has 0 radical (unpaired) electrons. The van der Waals surface area contributed by atoms with Crippen LogP contribution in [0.4, 0.5) is 18.9 Å². The van der Waals surface area contributed by atoms with E-state index in [1.54, 1.807) is 0 Å². The maximum Gasteiger partial charge on any atom is 0.417 e. The highest BCUT2D eigenvalue weighted by Crippen LogP contribution is 2.28. The average Bonchev–Trinajstić information content (AvgIpc) is 2.69. The van der Waals surface area contributed by atoms with Crippen molar-refractivity contribution < 1.29 is 13.2 Å². The average molecular weight is 416 g/mol. The van der Waals surface area contributed by atoms with Crippen molar-refractivity contribution in [1.82, 2.24) is 19.7 Å². The second-order valence-electron chi connectivity index (χ2n) is 6.77. The quantitative estimate of drug-likeness (QED) is 0.810. The Balaban J connectivity index is 1.73. The summed E-state index contributed by atoms with van der Waals surface area (Å²) in [5, 5.41) is 7.10. The van der Waals surface area contributed by atoms with E-state index < -0.39 is 17.3 Å². The van der Waals surface area contributed by atoms with Crippen molar-refractivity contribution in [1.29, 1.82) is 0 Å². The fourth-order valence-corrected chi connectivity index (χ4v) is 3.45. The number of piperidine rings is 1. The van der Waals surface area contributed by atoms with Gasteiger partial charge in [-0.15, -0.1) is 0 Å². The highest BCUT2D eigenvalue weighted by Gasteiger charge is 2.30. The van der Waals surface area contributed by atoms with Crippen LogP contribution in [-0.4, -0.2) is 45.8 Å². The largest absolute Gasteiger partial charge is 0.417 e. The number of halogens is 4. The number of hydrogen-bond donors (Lipinski definition) is 1. The lowest BCUT2D eigenvalue weighted by Crippen LogP contribution is -2.38. The number of aromatic nitrogens is 3. The van der Waals surface area contributed by atoms with Gasteiger partial charge >= 0.3 is 6.18 Å². The molecule has 152 valence electrons. The molecule has 3 rings (SSSR count). The van der Waals surface area contributed by atoms with Crippen molar-refractivity contribution in [3.63, 3.8) is 0 Å². The molecule has 2 aromatic heterocycles. The lowest BCUT2D eigenvalue weighted by Gasteiger charge is -2.32. The number of pyridine rings is 1. The lowest BCUT2D eigenvalue weighted by molar-refractivity contribution is -0.137. The van der Waals surface area contributed by atoms with Crippen LogP contribution >= 0.6 is 11.6 Å². The smallest absolute Gasteiger partial charge is 0.382 e. The molecule has 0 unspecified atom stereocenters. The van der Waals surface area contributed by atoms with Gasteiger partial charge in [0.25, 0.3) is 5.56 Å². The molecule has 6 nitrogen and oxygen atoms in total. The topological polar surface area (TPSA) is 63.1 Å². The Morgan fingerprint density at radius 1 is 1.32 bits per heavy atom. The zero-order chi connectivity index (χ0) is 20.3. The zero-order valence-corrected chi connectivity index (χ0v) is 16.1. The summed E-state index contributed by atoms with van der Waals surface area (Å²) in [4.78, 5) is 18.5. The molecule has 0 bridgehead atoms. The summed E-state index contributed by atoms with van der Waals surface area (Å²) in [5.41, 5.74) is -1.14. The van der Waals surface area contributed by atoms with Gasteiger partial charge in [0.15, 0.2) is 5.82 Å². The number of nitrogens with one attached hydrogen (secondary N) is 1. The molecule has 0 aliphatic carbocycles. The fraction of sp³-hybridized carbons (Fsp3) is 0.500. The van der Waals surface area contributed by atoms with E-state index in [0.29, 0.717) is 24.3 Å². The molecule has 0 spiro atoms. The number of likely N-dealkylation sites (tertiary alicyclic amines) is 1. The summed E-state index contributed by atoms with van der Waals surface area (Å²) < 4.78 is 38.8. The molecule has 1 fully saturated rings. The first-order valence-corrected chi connectivity index (χ1v) is 9.45. The van der Waals surface area contributed by atoms with E-state index in [1.807, 2.05) is 0 Å². The third-order valence-electron chi connectivity index (χ3n) is 4.84. The maximum absolute atomic E-state index is 12.6. The molecule has 1 aliphatic rings. The van der Waals surface area contributed by atoms with Crippen LogP contribution in [0.2, 0.25) is 5.02 Å². The summed E-state index contributed by atoms with van der Waals surface area (Å²) in [6.45, 7) is 5.90. The van der Waals surface area contributed by atoms with E-state index in [4.69, 9.17) is 11.6 Å². The van der Waals surface area contributed by atoms with Crippen LogP contribution < -0.4 is 10.9 Å². The van der Waals surface area contributed by atoms with Crippen LogP contribution in [0.25, 0.3) is 5.82 Å². The molecule has 0 aromatic carbocycles. The van der Waals surface area contributed by atoms with Crippen molar-refractivity contribution in [3.05, 3.63) is 45.5 Å². The Labute approximate surface area is 165 Å². The molecule has 3 heterocycles. The van der Waals surface area contributed by atoms with E-state index in [2.05, 4.69) is 27.2 Å². The minimum absolute atomic E-state index is 0.0303. The first-order valence-electron chi connectivity index (χ1n) is 9.07. The number of hydrogen-bond acceptors (Lipinski definition) is 5. The van der Waals surface area contributed by atoms with Gasteiger partial charge in [-0.3, -0.25) is 4.79 Å². The van der Waals surface area contributed by atoms with Crippen LogP contribution in [0.5, 0.6) is 0 Å². The third kappa shape index (κ3) is 4.64. The standard InChI is InChI=1S/C18H21ClF3N5O/c1-2-26-7-3-4-12(11-26)8-23-14-10-25-27(17(28)16(14)19)15-6-5-13(9-24-15)18(20,21)22/h5-6,9-10,12,23H,2-4,7-8,11H2,1H3/t12-/m0/s1. The number of alkyl halides is 3. The summed E-state index contributed by atoms with van der Waals surface area (Å²) in [7, 11) is 0. The van der Waals surface area contributed by atoms with E-state index in [-0.39, 0.29) is 10.8 Å². The summed E-state index contributed by atoms with van der Waals surface area (Å²) in [6, 6.07) is 1.93. The van der Waals surface area contributed by atoms with E-state index >= 15 is 0 Å². The third-order valence-corrected chi connectivity index (χ3v) is 5.21. The van der Waals surface area contributed by atoms with E-state index in [0.717, 1.165) is 49.3 Å². The minimum atomic E-state index is -4.50. The number of nitrogens with zero attached hydrogens (tertiary/aromatic N) is 4. The van der Waals surface area contributed by atoms with Gasteiger partial charge in [0, 0.05) is 19.3 Å². The summed E-state index contributed by atoms with van der Waals surface area (Å²) in [5.74, 6) is 0.418. The number of rotatable bonds is 5. The van der Waals surface area contributed by atoms with Crippen molar-refractivity contribution in [2.75, 3.05) is 31.5 Å². The van der Waals surface area contributed by atoms with Crippen LogP contribution in [0.3, 0.4) is 0 Å². The zero-order valence-electron chi connectivity index (χ0n) is 15.3. The van der Waals surface area contributed by atoms with Gasteiger partial charge in [-0.05, 0) is 44.0 Å². The van der Waals surface area contributed by atoms with Crippen molar-refractivity contribution in [2.24, 2.45) is 5.92 Å². The van der Waals surface area contributed by atoms with E-state index in [9.17, 15) is 18.0 Å². The highest BCUT2D eigenvalue weighted by atomic mass is 35.5. The van der Waals surface area contributed by atoms with Gasteiger partial charge < -0.3 is 10.2 Å². The van der Waals surface area contributed by atoms with E-state index in [1.165, 1.54) is 6.20 Å². The lowest BCUT2D eigenvalue weighted by atomic mass is 9.98. The highest BCUT2D eigenvalue weighted by molar-refractivity contribution is 6.32. The van der Waals surface area contributed by atoms with Crippen molar-refractivity contribution in [2.45, 2.75) is 25.9 Å². The molecule has 28 heavy (non-hydrogen) atoms. The SMILES string of the molecule is CCN1CCC[C@@H](CNc2cnn(-c3ccc(C(F)(F)F)cn3)c(=O)c2Cl)C1. The summed E-state index contributed by atoms with van der Waals surface area (Å²) in [6.07, 6.45) is -0.216. The van der Waals surface area contributed by atoms with Gasteiger partial charge in [0.1, 0.15) is 5.02 Å². The molecule has 1 aliphatic heterocycles. The van der Waals surface area contributed by atoms with Gasteiger partial charge in [-0.25, -0.2) is 4.98 Å². The second kappa shape index (κ2) is 8.48. The second-order valence-corrected chi connectivity index (χ2v) is 7.15. The van der Waals surface area contributed by atoms with Crippen LogP contribution in [-0.2, 0) is 6.18 Å². The molecular weight excluding hydrogens is 395 g/mol. The van der Waals surface area contributed by atoms with Crippen molar-refractivity contribution >= 4 is 17.3 Å².